The van der Waals surface area contributed by atoms with Crippen molar-refractivity contribution in [3.8, 4) is 11.8 Å². The van der Waals surface area contributed by atoms with Crippen LogP contribution in [0.4, 0.5) is 11.5 Å². The van der Waals surface area contributed by atoms with E-state index in [1.54, 1.807) is 38.1 Å². The van der Waals surface area contributed by atoms with Gasteiger partial charge in [0.25, 0.3) is 11.8 Å². The van der Waals surface area contributed by atoms with Gasteiger partial charge in [0, 0.05) is 42.4 Å². The van der Waals surface area contributed by atoms with E-state index < -0.39 is 33.4 Å². The SMILES string of the molecule is Cc1ccoc1C(=O)Nc1cccc(C#Cc2cc(C(=O)N=S(C)(=O)CC(=O)N3CC[C@H](O)C3)cnc2N)c1C. The molecule has 1 fully saturated rings. The molecule has 0 radical (unpaired) electrons. The number of likely N-dealkylation sites (tertiary alicyclic amines) is 1. The summed E-state index contributed by atoms with van der Waals surface area (Å²) < 4.78 is 21.9. The summed E-state index contributed by atoms with van der Waals surface area (Å²) in [7, 11) is -3.18. The van der Waals surface area contributed by atoms with Gasteiger partial charge in [0.15, 0.2) is 5.76 Å². The number of aliphatic hydroxyl groups excluding tert-OH is 1. The highest BCUT2D eigenvalue weighted by Crippen LogP contribution is 2.21. The van der Waals surface area contributed by atoms with Crippen molar-refractivity contribution in [3.63, 3.8) is 0 Å². The third kappa shape index (κ3) is 6.74. The second kappa shape index (κ2) is 11.7. The van der Waals surface area contributed by atoms with Gasteiger partial charge in [-0.3, -0.25) is 14.4 Å². The fraction of sp³-hybridized carbons (Fsp3) is 0.286. The summed E-state index contributed by atoms with van der Waals surface area (Å²) in [5.74, 6) is 4.12. The molecular formula is C28H29N5O6S. The molecule has 0 saturated carbocycles. The number of amides is 3. The summed E-state index contributed by atoms with van der Waals surface area (Å²) in [5, 5.41) is 12.4. The summed E-state index contributed by atoms with van der Waals surface area (Å²) in [6, 6.07) is 8.35. The molecule has 2 atom stereocenters. The third-order valence-electron chi connectivity index (χ3n) is 6.33. The van der Waals surface area contributed by atoms with Gasteiger partial charge in [-0.25, -0.2) is 9.19 Å². The van der Waals surface area contributed by atoms with Gasteiger partial charge >= 0.3 is 0 Å². The number of aromatic nitrogens is 1. The molecule has 2 aromatic heterocycles. The molecular weight excluding hydrogens is 534 g/mol. The largest absolute Gasteiger partial charge is 0.459 e. The maximum absolute atomic E-state index is 12.9. The highest BCUT2D eigenvalue weighted by molar-refractivity contribution is 7.93. The first kappa shape index (κ1) is 28.5. The normalized spacial score (nSPS) is 16.0. The van der Waals surface area contributed by atoms with E-state index in [2.05, 4.69) is 26.5 Å². The van der Waals surface area contributed by atoms with Crippen LogP contribution in [-0.4, -0.2) is 68.1 Å². The molecule has 3 heterocycles. The van der Waals surface area contributed by atoms with Gasteiger partial charge in [-0.15, -0.1) is 0 Å². The monoisotopic (exact) mass is 563 g/mol. The number of nitrogens with one attached hydrogen (secondary N) is 1. The number of nitrogens with two attached hydrogens (primary N) is 1. The topological polar surface area (TPSA) is 168 Å². The maximum atomic E-state index is 12.9. The number of nitrogens with zero attached hydrogens (tertiary/aromatic N) is 3. The smallest absolute Gasteiger partial charge is 0.291 e. The van der Waals surface area contributed by atoms with E-state index >= 15 is 0 Å². The van der Waals surface area contributed by atoms with Gasteiger partial charge in [0.05, 0.1) is 33.2 Å². The standard InChI is InChI=1S/C28H29N5O6S/c1-17-10-12-39-25(17)28(37)31-23-6-4-5-19(18(23)2)7-8-20-13-21(14-30-26(20)29)27(36)32-40(3,38)16-24(35)33-11-9-22(34)15-33/h4-6,10,12-14,22,34H,9,11,15-16H2,1-3H3,(H2,29,30)(H,31,37)/t22-,40?/m0/s1. The maximum Gasteiger partial charge on any atom is 0.291 e. The first-order chi connectivity index (χ1) is 18.9. The van der Waals surface area contributed by atoms with Crippen LogP contribution in [0.5, 0.6) is 0 Å². The van der Waals surface area contributed by atoms with E-state index in [1.165, 1.54) is 29.7 Å². The first-order valence-corrected chi connectivity index (χ1v) is 14.5. The van der Waals surface area contributed by atoms with Gasteiger partial charge in [-0.2, -0.15) is 4.36 Å². The second-order valence-corrected chi connectivity index (χ2v) is 11.9. The third-order valence-corrected chi connectivity index (χ3v) is 7.67. The predicted molar refractivity (Wildman–Crippen MR) is 150 cm³/mol. The number of aryl methyl sites for hydroxylation is 1. The summed E-state index contributed by atoms with van der Waals surface area (Å²) in [4.78, 5) is 43.2. The van der Waals surface area contributed by atoms with Crippen LogP contribution >= 0.6 is 0 Å². The molecule has 3 amide bonds. The Kier molecular flexibility index (Phi) is 8.37. The number of rotatable bonds is 5. The highest BCUT2D eigenvalue weighted by Gasteiger charge is 2.26. The van der Waals surface area contributed by atoms with Gasteiger partial charge in [-0.1, -0.05) is 17.9 Å². The molecule has 4 N–H and O–H groups in total. The Morgan fingerprint density at radius 1 is 1.25 bits per heavy atom. The molecule has 0 aliphatic carbocycles. The molecule has 12 heteroatoms. The number of benzene rings is 1. The molecule has 0 bridgehead atoms. The number of pyridine rings is 1. The number of β-amino-alcohol motifs (C(OH)–C–C–N with tert-alkyl or cyclic N) is 1. The number of carbonyl (C=O) groups excluding carboxylic acids is 3. The van der Waals surface area contributed by atoms with Crippen molar-refractivity contribution in [2.45, 2.75) is 26.4 Å². The zero-order chi connectivity index (χ0) is 29.0. The lowest BCUT2D eigenvalue weighted by molar-refractivity contribution is -0.127. The van der Waals surface area contributed by atoms with Crippen molar-refractivity contribution in [2.24, 2.45) is 4.36 Å². The van der Waals surface area contributed by atoms with Crippen molar-refractivity contribution in [1.29, 1.82) is 0 Å². The van der Waals surface area contributed by atoms with Crippen molar-refractivity contribution in [3.05, 3.63) is 76.4 Å². The number of hydrogen-bond acceptors (Lipinski definition) is 8. The quantitative estimate of drug-likeness (QED) is 0.398. The van der Waals surface area contributed by atoms with E-state index in [-0.39, 0.29) is 35.2 Å². The molecule has 0 spiro atoms. The number of aliphatic hydroxyl groups is 1. The van der Waals surface area contributed by atoms with Crippen molar-refractivity contribution in [2.75, 3.05) is 36.1 Å². The van der Waals surface area contributed by atoms with Crippen molar-refractivity contribution < 1.29 is 28.1 Å². The van der Waals surface area contributed by atoms with Crippen LogP contribution in [0.25, 0.3) is 0 Å². The summed E-state index contributed by atoms with van der Waals surface area (Å²) >= 11 is 0. The molecule has 208 valence electrons. The van der Waals surface area contributed by atoms with E-state index in [9.17, 15) is 23.7 Å². The molecule has 1 saturated heterocycles. The lowest BCUT2D eigenvalue weighted by Gasteiger charge is -2.15. The minimum absolute atomic E-state index is 0.0173. The molecule has 1 aliphatic rings. The first-order valence-electron chi connectivity index (χ1n) is 12.4. The number of anilines is 2. The van der Waals surface area contributed by atoms with Crippen LogP contribution in [0.15, 0.2) is 51.6 Å². The second-order valence-electron chi connectivity index (χ2n) is 9.55. The molecule has 1 unspecified atom stereocenters. The number of furan rings is 1. The molecule has 1 aromatic carbocycles. The molecule has 3 aromatic rings. The minimum Gasteiger partial charge on any atom is -0.459 e. The van der Waals surface area contributed by atoms with Gasteiger partial charge in [0.1, 0.15) is 11.6 Å². The minimum atomic E-state index is -3.18. The van der Waals surface area contributed by atoms with Gasteiger partial charge < -0.3 is 25.5 Å². The van der Waals surface area contributed by atoms with E-state index in [0.717, 1.165) is 0 Å². The Morgan fingerprint density at radius 3 is 2.67 bits per heavy atom. The summed E-state index contributed by atoms with van der Waals surface area (Å²) in [5.41, 5.74) is 8.84. The summed E-state index contributed by atoms with van der Waals surface area (Å²) in [6.45, 7) is 4.12. The average Bonchev–Trinajstić information content (AvgIpc) is 3.52. The van der Waals surface area contributed by atoms with Crippen LogP contribution < -0.4 is 11.1 Å². The lowest BCUT2D eigenvalue weighted by Crippen LogP contribution is -2.34. The Hall–Kier alpha value is -4.47. The summed E-state index contributed by atoms with van der Waals surface area (Å²) in [6.07, 6.45) is 3.74. The van der Waals surface area contributed by atoms with Crippen LogP contribution in [0.1, 0.15) is 49.6 Å². The molecule has 1 aliphatic heterocycles. The van der Waals surface area contributed by atoms with Crippen LogP contribution in [0.2, 0.25) is 0 Å². The van der Waals surface area contributed by atoms with E-state index in [4.69, 9.17) is 10.2 Å². The molecule has 4 rings (SSSR count). The lowest BCUT2D eigenvalue weighted by atomic mass is 10.1. The van der Waals surface area contributed by atoms with Crippen LogP contribution in [0.3, 0.4) is 0 Å². The van der Waals surface area contributed by atoms with Crippen LogP contribution in [0, 0.1) is 25.7 Å². The van der Waals surface area contributed by atoms with E-state index in [0.29, 0.717) is 35.3 Å². The number of carbonyl (C=O) groups is 3. The van der Waals surface area contributed by atoms with Crippen molar-refractivity contribution >= 4 is 39.0 Å². The fourth-order valence-corrected chi connectivity index (χ4v) is 5.23. The molecule has 40 heavy (non-hydrogen) atoms. The Balaban J connectivity index is 1.53. The zero-order valence-corrected chi connectivity index (χ0v) is 23.1. The van der Waals surface area contributed by atoms with Crippen LogP contribution in [-0.2, 0) is 14.5 Å². The fourth-order valence-electron chi connectivity index (χ4n) is 4.07. The Labute approximate surface area is 232 Å². The molecule has 11 nitrogen and oxygen atoms in total. The van der Waals surface area contributed by atoms with E-state index in [1.807, 2.05) is 0 Å². The van der Waals surface area contributed by atoms with Gasteiger partial charge in [-0.05, 0) is 50.1 Å². The average molecular weight is 564 g/mol. The highest BCUT2D eigenvalue weighted by atomic mass is 32.2. The zero-order valence-electron chi connectivity index (χ0n) is 22.3. The number of nitrogen functional groups attached to an aromatic ring is 1. The number of hydrogen-bond donors (Lipinski definition) is 3. The Bertz CT molecular complexity index is 1680. The Morgan fingerprint density at radius 2 is 2.00 bits per heavy atom. The predicted octanol–water partition coefficient (Wildman–Crippen LogP) is 2.36. The van der Waals surface area contributed by atoms with Crippen molar-refractivity contribution in [1.82, 2.24) is 9.88 Å². The van der Waals surface area contributed by atoms with Gasteiger partial charge in [0.2, 0.25) is 5.91 Å².